The van der Waals surface area contributed by atoms with Crippen LogP contribution in [0.25, 0.3) is 0 Å². The van der Waals surface area contributed by atoms with Crippen molar-refractivity contribution in [3.8, 4) is 0 Å². The molecule has 0 amide bonds. The SMILES string of the molecule is Cc1nn(C(C)C)c(C)c1NC1CCCC(C)C1. The third-order valence-electron chi connectivity index (χ3n) is 4.10. The summed E-state index contributed by atoms with van der Waals surface area (Å²) >= 11 is 0. The summed E-state index contributed by atoms with van der Waals surface area (Å²) in [7, 11) is 0. The van der Waals surface area contributed by atoms with E-state index in [2.05, 4.69) is 49.7 Å². The highest BCUT2D eigenvalue weighted by Crippen LogP contribution is 2.29. The minimum atomic E-state index is 0.435. The standard InChI is InChI=1S/C15H27N3/c1-10(2)18-13(5)15(12(4)17-18)16-14-8-6-7-11(3)9-14/h10-11,14,16H,6-9H2,1-5H3. The summed E-state index contributed by atoms with van der Waals surface area (Å²) in [6, 6.07) is 1.07. The second-order valence-corrected chi connectivity index (χ2v) is 6.20. The van der Waals surface area contributed by atoms with E-state index < -0.39 is 0 Å². The second-order valence-electron chi connectivity index (χ2n) is 6.20. The largest absolute Gasteiger partial charge is 0.379 e. The summed E-state index contributed by atoms with van der Waals surface area (Å²) in [5.74, 6) is 0.858. The van der Waals surface area contributed by atoms with Crippen LogP contribution in [0, 0.1) is 19.8 Å². The average molecular weight is 249 g/mol. The van der Waals surface area contributed by atoms with Crippen molar-refractivity contribution in [3.63, 3.8) is 0 Å². The molecule has 3 heteroatoms. The molecule has 1 aliphatic rings. The molecule has 2 unspecified atom stereocenters. The van der Waals surface area contributed by atoms with Crippen LogP contribution in [0.5, 0.6) is 0 Å². The number of aryl methyl sites for hydroxylation is 1. The Hall–Kier alpha value is -0.990. The predicted molar refractivity (Wildman–Crippen MR) is 77.1 cm³/mol. The molecule has 0 aliphatic heterocycles. The van der Waals surface area contributed by atoms with Gasteiger partial charge >= 0.3 is 0 Å². The van der Waals surface area contributed by atoms with Gasteiger partial charge in [-0.2, -0.15) is 5.10 Å². The van der Waals surface area contributed by atoms with Crippen molar-refractivity contribution in [3.05, 3.63) is 11.4 Å². The fourth-order valence-corrected chi connectivity index (χ4v) is 3.14. The maximum atomic E-state index is 4.65. The zero-order chi connectivity index (χ0) is 13.3. The van der Waals surface area contributed by atoms with Gasteiger partial charge in [-0.25, -0.2) is 0 Å². The molecule has 3 nitrogen and oxygen atoms in total. The Balaban J connectivity index is 2.13. The van der Waals surface area contributed by atoms with E-state index in [-0.39, 0.29) is 0 Å². The number of rotatable bonds is 3. The van der Waals surface area contributed by atoms with E-state index in [0.29, 0.717) is 12.1 Å². The third-order valence-corrected chi connectivity index (χ3v) is 4.10. The van der Waals surface area contributed by atoms with Gasteiger partial charge in [-0.05, 0) is 46.5 Å². The smallest absolute Gasteiger partial charge is 0.0828 e. The van der Waals surface area contributed by atoms with Crippen LogP contribution in [0.4, 0.5) is 5.69 Å². The molecule has 1 fully saturated rings. The van der Waals surface area contributed by atoms with Crippen molar-refractivity contribution < 1.29 is 0 Å². The Morgan fingerprint density at radius 2 is 2.00 bits per heavy atom. The molecule has 1 saturated carbocycles. The maximum Gasteiger partial charge on any atom is 0.0828 e. The number of anilines is 1. The molecular formula is C15H27N3. The van der Waals surface area contributed by atoms with Crippen LogP contribution >= 0.6 is 0 Å². The molecule has 1 heterocycles. The quantitative estimate of drug-likeness (QED) is 0.875. The lowest BCUT2D eigenvalue weighted by atomic mass is 9.87. The first kappa shape index (κ1) is 13.4. The molecule has 18 heavy (non-hydrogen) atoms. The first-order valence-electron chi connectivity index (χ1n) is 7.31. The molecule has 1 aromatic heterocycles. The van der Waals surface area contributed by atoms with Crippen LogP contribution in [0.15, 0.2) is 0 Å². The van der Waals surface area contributed by atoms with E-state index >= 15 is 0 Å². The maximum absolute atomic E-state index is 4.65. The fraction of sp³-hybridized carbons (Fsp3) is 0.800. The molecular weight excluding hydrogens is 222 g/mol. The third kappa shape index (κ3) is 2.70. The van der Waals surface area contributed by atoms with Crippen LogP contribution < -0.4 is 5.32 Å². The Morgan fingerprint density at radius 1 is 1.28 bits per heavy atom. The number of nitrogens with zero attached hydrogens (tertiary/aromatic N) is 2. The highest BCUT2D eigenvalue weighted by molar-refractivity contribution is 5.53. The zero-order valence-electron chi connectivity index (χ0n) is 12.5. The van der Waals surface area contributed by atoms with E-state index in [1.165, 1.54) is 37.1 Å². The molecule has 0 spiro atoms. The van der Waals surface area contributed by atoms with E-state index in [0.717, 1.165) is 11.6 Å². The Morgan fingerprint density at radius 3 is 2.56 bits per heavy atom. The Kier molecular flexibility index (Phi) is 3.98. The van der Waals surface area contributed by atoms with Gasteiger partial charge in [0.2, 0.25) is 0 Å². The summed E-state index contributed by atoms with van der Waals surface area (Å²) < 4.78 is 2.13. The van der Waals surface area contributed by atoms with Gasteiger partial charge in [-0.15, -0.1) is 0 Å². The number of nitrogens with one attached hydrogen (secondary N) is 1. The van der Waals surface area contributed by atoms with Crippen LogP contribution in [0.2, 0.25) is 0 Å². The zero-order valence-corrected chi connectivity index (χ0v) is 12.5. The lowest BCUT2D eigenvalue weighted by Crippen LogP contribution is -2.26. The lowest BCUT2D eigenvalue weighted by molar-refractivity contribution is 0.358. The minimum absolute atomic E-state index is 0.435. The van der Waals surface area contributed by atoms with Crippen LogP contribution in [0.1, 0.15) is 63.9 Å². The molecule has 0 bridgehead atoms. The highest BCUT2D eigenvalue weighted by Gasteiger charge is 2.21. The number of hydrogen-bond acceptors (Lipinski definition) is 2. The van der Waals surface area contributed by atoms with Gasteiger partial charge in [0, 0.05) is 12.1 Å². The number of aromatic nitrogens is 2. The lowest BCUT2D eigenvalue weighted by Gasteiger charge is -2.28. The van der Waals surface area contributed by atoms with Gasteiger partial charge in [-0.1, -0.05) is 19.8 Å². The topological polar surface area (TPSA) is 29.9 Å². The minimum Gasteiger partial charge on any atom is -0.379 e. The van der Waals surface area contributed by atoms with Gasteiger partial charge in [0.1, 0.15) is 0 Å². The van der Waals surface area contributed by atoms with Crippen molar-refractivity contribution in [1.82, 2.24) is 9.78 Å². The molecule has 0 aromatic carbocycles. The van der Waals surface area contributed by atoms with Gasteiger partial charge in [0.25, 0.3) is 0 Å². The molecule has 1 N–H and O–H groups in total. The van der Waals surface area contributed by atoms with Crippen molar-refractivity contribution in [1.29, 1.82) is 0 Å². The second kappa shape index (κ2) is 5.33. The first-order valence-corrected chi connectivity index (χ1v) is 7.31. The normalized spacial score (nSPS) is 24.6. The van der Waals surface area contributed by atoms with E-state index in [9.17, 15) is 0 Å². The monoisotopic (exact) mass is 249 g/mol. The van der Waals surface area contributed by atoms with E-state index in [1.807, 2.05) is 0 Å². The summed E-state index contributed by atoms with van der Waals surface area (Å²) in [5.41, 5.74) is 3.68. The van der Waals surface area contributed by atoms with E-state index in [4.69, 9.17) is 0 Å². The fourth-order valence-electron chi connectivity index (χ4n) is 3.14. The summed E-state index contributed by atoms with van der Waals surface area (Å²) in [6.45, 7) is 11.0. The molecule has 1 aromatic rings. The van der Waals surface area contributed by atoms with Gasteiger partial charge in [0.05, 0.1) is 17.1 Å². The summed E-state index contributed by atoms with van der Waals surface area (Å²) in [4.78, 5) is 0. The highest BCUT2D eigenvalue weighted by atomic mass is 15.3. The predicted octanol–water partition coefficient (Wildman–Crippen LogP) is 4.07. The molecule has 2 atom stereocenters. The van der Waals surface area contributed by atoms with E-state index in [1.54, 1.807) is 0 Å². The summed E-state index contributed by atoms with van der Waals surface area (Å²) in [5, 5.41) is 8.39. The van der Waals surface area contributed by atoms with Gasteiger partial charge in [0.15, 0.2) is 0 Å². The van der Waals surface area contributed by atoms with Crippen LogP contribution in [0.3, 0.4) is 0 Å². The van der Waals surface area contributed by atoms with Gasteiger partial charge < -0.3 is 5.32 Å². The van der Waals surface area contributed by atoms with Crippen LogP contribution in [-0.2, 0) is 0 Å². The van der Waals surface area contributed by atoms with Crippen molar-refractivity contribution in [2.75, 3.05) is 5.32 Å². The van der Waals surface area contributed by atoms with Crippen molar-refractivity contribution in [2.45, 2.75) is 72.4 Å². The molecule has 2 rings (SSSR count). The number of hydrogen-bond donors (Lipinski definition) is 1. The Labute approximate surface area is 111 Å². The molecule has 1 aliphatic carbocycles. The average Bonchev–Trinajstić information content (AvgIpc) is 2.57. The van der Waals surface area contributed by atoms with Crippen LogP contribution in [-0.4, -0.2) is 15.8 Å². The van der Waals surface area contributed by atoms with Gasteiger partial charge in [-0.3, -0.25) is 4.68 Å². The molecule has 0 saturated heterocycles. The van der Waals surface area contributed by atoms with Crippen molar-refractivity contribution in [2.24, 2.45) is 5.92 Å². The Bertz CT molecular complexity index is 406. The molecule has 0 radical (unpaired) electrons. The summed E-state index contributed by atoms with van der Waals surface area (Å²) in [6.07, 6.45) is 5.35. The molecule has 102 valence electrons. The van der Waals surface area contributed by atoms with Crippen molar-refractivity contribution >= 4 is 5.69 Å². The first-order chi connectivity index (χ1) is 8.49.